The molecule has 0 radical (unpaired) electrons. The second kappa shape index (κ2) is 9.27. The molecule has 1 saturated carbocycles. The molecule has 1 fully saturated rings. The van der Waals surface area contributed by atoms with Crippen molar-refractivity contribution in [2.75, 3.05) is 12.8 Å². The van der Waals surface area contributed by atoms with E-state index in [0.29, 0.717) is 0 Å². The van der Waals surface area contributed by atoms with Gasteiger partial charge in [-0.15, -0.1) is 0 Å². The van der Waals surface area contributed by atoms with Crippen LogP contribution in [0.25, 0.3) is 0 Å². The van der Waals surface area contributed by atoms with E-state index in [1.54, 1.807) is 0 Å². The molecule has 2 heteroatoms. The zero-order valence-corrected chi connectivity index (χ0v) is 12.8. The molecule has 1 aliphatic carbocycles. The molecule has 0 aromatic rings. The monoisotopic (exact) mass is 257 g/mol. The highest BCUT2D eigenvalue weighted by Crippen LogP contribution is 2.35. The molecule has 1 aliphatic rings. The Labute approximate surface area is 113 Å². The summed E-state index contributed by atoms with van der Waals surface area (Å²) in [6, 6.07) is 0.773. The second-order valence-electron chi connectivity index (χ2n) is 5.48. The Bertz CT molecular complexity index is 184. The minimum atomic E-state index is 0.773. The predicted molar refractivity (Wildman–Crippen MR) is 80.9 cm³/mol. The summed E-state index contributed by atoms with van der Waals surface area (Å²) in [7, 11) is 2.14. The van der Waals surface area contributed by atoms with Crippen molar-refractivity contribution in [2.45, 2.75) is 76.5 Å². The van der Waals surface area contributed by atoms with Gasteiger partial charge in [0.25, 0.3) is 0 Å². The van der Waals surface area contributed by atoms with Crippen molar-refractivity contribution < 1.29 is 0 Å². The van der Waals surface area contributed by atoms with Crippen LogP contribution in [-0.4, -0.2) is 24.1 Å². The summed E-state index contributed by atoms with van der Waals surface area (Å²) < 4.78 is 0. The molecule has 0 aliphatic heterocycles. The molecule has 0 aromatic carbocycles. The Hall–Kier alpha value is 0.310. The van der Waals surface area contributed by atoms with Gasteiger partial charge in [-0.1, -0.05) is 39.5 Å². The Morgan fingerprint density at radius 2 is 1.94 bits per heavy atom. The van der Waals surface area contributed by atoms with E-state index >= 15 is 0 Å². The number of hydrogen-bond donors (Lipinski definition) is 1. The average molecular weight is 257 g/mol. The lowest BCUT2D eigenvalue weighted by Crippen LogP contribution is -2.40. The van der Waals surface area contributed by atoms with Crippen LogP contribution >= 0.6 is 11.8 Å². The SMILES string of the molecule is CCCCCSC1CC(CCC)CCC1NC. The van der Waals surface area contributed by atoms with Crippen molar-refractivity contribution in [1.82, 2.24) is 5.32 Å². The van der Waals surface area contributed by atoms with Gasteiger partial charge in [0, 0.05) is 11.3 Å². The van der Waals surface area contributed by atoms with Crippen LogP contribution in [0, 0.1) is 5.92 Å². The Kier molecular flexibility index (Phi) is 8.38. The van der Waals surface area contributed by atoms with Gasteiger partial charge in [0.05, 0.1) is 0 Å². The highest BCUT2D eigenvalue weighted by Gasteiger charge is 2.29. The number of hydrogen-bond acceptors (Lipinski definition) is 2. The van der Waals surface area contributed by atoms with Gasteiger partial charge < -0.3 is 5.32 Å². The first kappa shape index (κ1) is 15.4. The first-order valence-electron chi connectivity index (χ1n) is 7.60. The normalized spacial score (nSPS) is 29.5. The van der Waals surface area contributed by atoms with Gasteiger partial charge in [-0.3, -0.25) is 0 Å². The van der Waals surface area contributed by atoms with Crippen LogP contribution in [0.1, 0.15) is 65.2 Å². The lowest BCUT2D eigenvalue weighted by Gasteiger charge is -2.35. The zero-order valence-electron chi connectivity index (χ0n) is 12.0. The van der Waals surface area contributed by atoms with Crippen LogP contribution in [0.15, 0.2) is 0 Å². The molecule has 102 valence electrons. The molecule has 3 unspecified atom stereocenters. The molecule has 0 aromatic heterocycles. The van der Waals surface area contributed by atoms with Crippen molar-refractivity contribution in [3.63, 3.8) is 0 Å². The van der Waals surface area contributed by atoms with E-state index in [-0.39, 0.29) is 0 Å². The minimum Gasteiger partial charge on any atom is -0.316 e. The molecular formula is C15H31NS. The number of nitrogens with one attached hydrogen (secondary N) is 1. The standard InChI is InChI=1S/C15H31NS/c1-4-6-7-11-17-15-12-13(8-5-2)9-10-14(15)16-3/h13-16H,4-12H2,1-3H3. The Morgan fingerprint density at radius 1 is 1.12 bits per heavy atom. The average Bonchev–Trinajstić information content (AvgIpc) is 2.35. The fourth-order valence-corrected chi connectivity index (χ4v) is 4.57. The van der Waals surface area contributed by atoms with E-state index < -0.39 is 0 Å². The molecule has 1 N–H and O–H groups in total. The highest BCUT2D eigenvalue weighted by molar-refractivity contribution is 7.99. The molecule has 1 rings (SSSR count). The fourth-order valence-electron chi connectivity index (χ4n) is 2.98. The lowest BCUT2D eigenvalue weighted by atomic mass is 9.83. The smallest absolute Gasteiger partial charge is 0.0203 e. The predicted octanol–water partition coefficient (Wildman–Crippen LogP) is 4.47. The van der Waals surface area contributed by atoms with E-state index in [1.165, 1.54) is 57.1 Å². The molecule has 0 heterocycles. The maximum Gasteiger partial charge on any atom is 0.0203 e. The largest absolute Gasteiger partial charge is 0.316 e. The van der Waals surface area contributed by atoms with Gasteiger partial charge in [-0.2, -0.15) is 11.8 Å². The third kappa shape index (κ3) is 5.65. The topological polar surface area (TPSA) is 12.0 Å². The first-order chi connectivity index (χ1) is 8.31. The van der Waals surface area contributed by atoms with Crippen LogP contribution in [-0.2, 0) is 0 Å². The molecule has 0 bridgehead atoms. The summed E-state index contributed by atoms with van der Waals surface area (Å²) in [5, 5.41) is 4.41. The van der Waals surface area contributed by atoms with Gasteiger partial charge in [-0.25, -0.2) is 0 Å². The second-order valence-corrected chi connectivity index (χ2v) is 6.83. The molecule has 3 atom stereocenters. The molecular weight excluding hydrogens is 226 g/mol. The van der Waals surface area contributed by atoms with Crippen molar-refractivity contribution in [2.24, 2.45) is 5.92 Å². The number of unbranched alkanes of at least 4 members (excludes halogenated alkanes) is 2. The highest BCUT2D eigenvalue weighted by atomic mass is 32.2. The minimum absolute atomic E-state index is 0.773. The molecule has 0 saturated heterocycles. The van der Waals surface area contributed by atoms with Crippen molar-refractivity contribution in [3.05, 3.63) is 0 Å². The van der Waals surface area contributed by atoms with Crippen molar-refractivity contribution >= 4 is 11.8 Å². The summed E-state index contributed by atoms with van der Waals surface area (Å²) in [6.45, 7) is 4.62. The van der Waals surface area contributed by atoms with Crippen molar-refractivity contribution in [3.8, 4) is 0 Å². The molecule has 17 heavy (non-hydrogen) atoms. The fraction of sp³-hybridized carbons (Fsp3) is 1.00. The Morgan fingerprint density at radius 3 is 2.59 bits per heavy atom. The summed E-state index contributed by atoms with van der Waals surface area (Å²) in [5.74, 6) is 2.38. The molecule has 0 amide bonds. The summed E-state index contributed by atoms with van der Waals surface area (Å²) in [5.41, 5.74) is 0. The summed E-state index contributed by atoms with van der Waals surface area (Å²) in [6.07, 6.45) is 11.3. The van der Waals surface area contributed by atoms with Crippen LogP contribution < -0.4 is 5.32 Å². The lowest BCUT2D eigenvalue weighted by molar-refractivity contribution is 0.295. The maximum absolute atomic E-state index is 3.54. The molecule has 0 spiro atoms. The van der Waals surface area contributed by atoms with Gasteiger partial charge in [0.15, 0.2) is 0 Å². The zero-order chi connectivity index (χ0) is 12.5. The van der Waals surface area contributed by atoms with Crippen LogP contribution in [0.3, 0.4) is 0 Å². The van der Waals surface area contributed by atoms with Gasteiger partial charge in [0.1, 0.15) is 0 Å². The Balaban J connectivity index is 2.29. The molecule has 1 nitrogen and oxygen atoms in total. The first-order valence-corrected chi connectivity index (χ1v) is 8.65. The number of thioether (sulfide) groups is 1. The van der Waals surface area contributed by atoms with E-state index in [9.17, 15) is 0 Å². The van der Waals surface area contributed by atoms with Crippen LogP contribution in [0.4, 0.5) is 0 Å². The van der Waals surface area contributed by atoms with Crippen LogP contribution in [0.2, 0.25) is 0 Å². The van der Waals surface area contributed by atoms with E-state index in [1.807, 2.05) is 0 Å². The van der Waals surface area contributed by atoms with E-state index in [4.69, 9.17) is 0 Å². The third-order valence-electron chi connectivity index (χ3n) is 4.05. The van der Waals surface area contributed by atoms with Crippen molar-refractivity contribution in [1.29, 1.82) is 0 Å². The van der Waals surface area contributed by atoms with E-state index in [0.717, 1.165) is 17.2 Å². The summed E-state index contributed by atoms with van der Waals surface area (Å²) in [4.78, 5) is 0. The van der Waals surface area contributed by atoms with Crippen LogP contribution in [0.5, 0.6) is 0 Å². The van der Waals surface area contributed by atoms with Gasteiger partial charge >= 0.3 is 0 Å². The quantitative estimate of drug-likeness (QED) is 0.644. The van der Waals surface area contributed by atoms with Gasteiger partial charge in [-0.05, 0) is 44.4 Å². The number of rotatable bonds is 8. The summed E-state index contributed by atoms with van der Waals surface area (Å²) >= 11 is 2.24. The van der Waals surface area contributed by atoms with Gasteiger partial charge in [0.2, 0.25) is 0 Å². The third-order valence-corrected chi connectivity index (χ3v) is 5.52. The maximum atomic E-state index is 3.54. The van der Waals surface area contributed by atoms with E-state index in [2.05, 4.69) is 38.0 Å².